The van der Waals surface area contributed by atoms with E-state index < -0.39 is 11.5 Å². The van der Waals surface area contributed by atoms with Gasteiger partial charge in [-0.3, -0.25) is 9.59 Å². The molecule has 116 valence electrons. The van der Waals surface area contributed by atoms with E-state index in [0.29, 0.717) is 18.8 Å². The minimum atomic E-state index is -1.28. The van der Waals surface area contributed by atoms with Crippen LogP contribution in [0.4, 0.5) is 0 Å². The molecule has 0 fully saturated rings. The molecule has 6 heteroatoms. The first kappa shape index (κ1) is 16.9. The molecule has 0 aliphatic heterocycles. The Hall–Kier alpha value is -2.11. The molecule has 1 amide bonds. The van der Waals surface area contributed by atoms with Crippen molar-refractivity contribution in [1.82, 2.24) is 9.47 Å². The normalized spacial score (nSPS) is 10.7. The van der Waals surface area contributed by atoms with Crippen LogP contribution in [0.5, 0.6) is 0 Å². The Labute approximate surface area is 124 Å². The molecule has 0 aliphatic carbocycles. The number of likely N-dealkylation sites (N-methyl/N-ethyl adjacent to an activating group) is 1. The predicted octanol–water partition coefficient (Wildman–Crippen LogP) is 1.54. The molecule has 0 bridgehead atoms. The number of carboxylic acids is 1. The van der Waals surface area contributed by atoms with E-state index in [2.05, 4.69) is 0 Å². The highest BCUT2D eigenvalue weighted by molar-refractivity contribution is 5.87. The van der Waals surface area contributed by atoms with Gasteiger partial charge in [0.25, 0.3) is 5.56 Å². The number of aromatic nitrogens is 1. The van der Waals surface area contributed by atoms with Crippen LogP contribution in [0, 0.1) is 0 Å². The lowest BCUT2D eigenvalue weighted by molar-refractivity contribution is -0.131. The van der Waals surface area contributed by atoms with E-state index in [4.69, 9.17) is 5.11 Å². The Morgan fingerprint density at radius 3 is 2.24 bits per heavy atom. The third kappa shape index (κ3) is 3.71. The lowest BCUT2D eigenvalue weighted by Gasteiger charge is -2.21. The van der Waals surface area contributed by atoms with E-state index >= 15 is 0 Å². The summed E-state index contributed by atoms with van der Waals surface area (Å²) in [5.74, 6) is -1.45. The van der Waals surface area contributed by atoms with Crippen molar-refractivity contribution < 1.29 is 14.7 Å². The number of nitrogens with zero attached hydrogens (tertiary/aromatic N) is 2. The van der Waals surface area contributed by atoms with Crippen molar-refractivity contribution in [3.63, 3.8) is 0 Å². The smallest absolute Gasteiger partial charge is 0.341 e. The Bertz CT molecular complexity index is 586. The number of pyridine rings is 1. The van der Waals surface area contributed by atoms with Crippen LogP contribution in [-0.2, 0) is 11.3 Å². The van der Waals surface area contributed by atoms with Crippen LogP contribution >= 0.6 is 0 Å². The lowest BCUT2D eigenvalue weighted by Crippen LogP contribution is -2.38. The second kappa shape index (κ2) is 7.06. The highest BCUT2D eigenvalue weighted by Crippen LogP contribution is 2.13. The summed E-state index contributed by atoms with van der Waals surface area (Å²) in [6.45, 7) is 8.50. The molecular weight excluding hydrogens is 272 g/mol. The number of aromatic carboxylic acids is 1. The van der Waals surface area contributed by atoms with Gasteiger partial charge in [-0.05, 0) is 31.9 Å². The van der Waals surface area contributed by atoms with Crippen LogP contribution in [0.25, 0.3) is 0 Å². The minimum absolute atomic E-state index is 0.0186. The molecule has 0 saturated carbocycles. The summed E-state index contributed by atoms with van der Waals surface area (Å²) in [4.78, 5) is 37.2. The van der Waals surface area contributed by atoms with Gasteiger partial charge in [0.05, 0.1) is 0 Å². The second-order valence-electron chi connectivity index (χ2n) is 5.09. The van der Waals surface area contributed by atoms with Gasteiger partial charge in [0.15, 0.2) is 0 Å². The quantitative estimate of drug-likeness (QED) is 0.863. The summed E-state index contributed by atoms with van der Waals surface area (Å²) in [7, 11) is 0. The number of hydrogen-bond donors (Lipinski definition) is 1. The molecule has 6 nitrogen and oxygen atoms in total. The first-order valence-electron chi connectivity index (χ1n) is 7.08. The van der Waals surface area contributed by atoms with Crippen molar-refractivity contribution in [1.29, 1.82) is 0 Å². The molecule has 0 aliphatic rings. The van der Waals surface area contributed by atoms with E-state index in [1.807, 2.05) is 27.7 Å². The minimum Gasteiger partial charge on any atom is -0.477 e. The zero-order valence-electron chi connectivity index (χ0n) is 12.9. The summed E-state index contributed by atoms with van der Waals surface area (Å²) in [5.41, 5.74) is -0.286. The number of hydrogen-bond acceptors (Lipinski definition) is 3. The van der Waals surface area contributed by atoms with Crippen LogP contribution in [-0.4, -0.2) is 39.5 Å². The van der Waals surface area contributed by atoms with Gasteiger partial charge in [-0.25, -0.2) is 4.79 Å². The average Bonchev–Trinajstić information content (AvgIpc) is 2.41. The highest BCUT2D eigenvalue weighted by atomic mass is 16.4. The molecule has 21 heavy (non-hydrogen) atoms. The number of carbonyl (C=O) groups is 2. The standard InChI is InChI=1S/C15H22N2O4/c1-5-16(6-2)13(18)9-17-12(10(3)4)8-7-11(14(17)19)15(20)21/h7-8,10H,5-6,9H2,1-4H3,(H,20,21). The summed E-state index contributed by atoms with van der Waals surface area (Å²) in [6.07, 6.45) is 0. The van der Waals surface area contributed by atoms with E-state index in [9.17, 15) is 14.4 Å². The van der Waals surface area contributed by atoms with Crippen molar-refractivity contribution in [2.75, 3.05) is 13.1 Å². The van der Waals surface area contributed by atoms with Crippen LogP contribution in [0.2, 0.25) is 0 Å². The van der Waals surface area contributed by atoms with E-state index in [-0.39, 0.29) is 23.9 Å². The molecular formula is C15H22N2O4. The fourth-order valence-electron chi connectivity index (χ4n) is 2.23. The molecule has 0 radical (unpaired) electrons. The Kier molecular flexibility index (Phi) is 5.69. The van der Waals surface area contributed by atoms with Crippen LogP contribution in [0.1, 0.15) is 49.7 Å². The average molecular weight is 294 g/mol. The summed E-state index contributed by atoms with van der Waals surface area (Å²) >= 11 is 0. The maximum atomic E-state index is 12.3. The molecule has 0 unspecified atom stereocenters. The van der Waals surface area contributed by atoms with Gasteiger partial charge < -0.3 is 14.6 Å². The summed E-state index contributed by atoms with van der Waals surface area (Å²) in [6, 6.07) is 2.91. The molecule has 0 spiro atoms. The largest absolute Gasteiger partial charge is 0.477 e. The monoisotopic (exact) mass is 294 g/mol. The molecule has 1 aromatic heterocycles. The third-order valence-electron chi connectivity index (χ3n) is 3.44. The maximum Gasteiger partial charge on any atom is 0.341 e. The Morgan fingerprint density at radius 2 is 1.81 bits per heavy atom. The molecule has 1 rings (SSSR count). The molecule has 1 N–H and O–H groups in total. The molecule has 0 aromatic carbocycles. The summed E-state index contributed by atoms with van der Waals surface area (Å²) < 4.78 is 1.27. The van der Waals surface area contributed by atoms with Crippen LogP contribution in [0.3, 0.4) is 0 Å². The van der Waals surface area contributed by atoms with Crippen molar-refractivity contribution in [3.05, 3.63) is 33.7 Å². The molecule has 0 saturated heterocycles. The highest BCUT2D eigenvalue weighted by Gasteiger charge is 2.19. The predicted molar refractivity (Wildman–Crippen MR) is 79.7 cm³/mol. The maximum absolute atomic E-state index is 12.3. The van der Waals surface area contributed by atoms with Gasteiger partial charge in [-0.15, -0.1) is 0 Å². The first-order valence-corrected chi connectivity index (χ1v) is 7.08. The number of carbonyl (C=O) groups excluding carboxylic acids is 1. The zero-order chi connectivity index (χ0) is 16.2. The van der Waals surface area contributed by atoms with Crippen LogP contribution < -0.4 is 5.56 Å². The second-order valence-corrected chi connectivity index (χ2v) is 5.09. The SMILES string of the molecule is CCN(CC)C(=O)Cn1c(C(C)C)ccc(C(=O)O)c1=O. The molecule has 0 atom stereocenters. The first-order chi connectivity index (χ1) is 9.83. The Morgan fingerprint density at radius 1 is 1.24 bits per heavy atom. The number of carboxylic acid groups (broad SMARTS) is 1. The molecule has 1 aromatic rings. The topological polar surface area (TPSA) is 79.6 Å². The van der Waals surface area contributed by atoms with Gasteiger partial charge in [0.1, 0.15) is 12.1 Å². The lowest BCUT2D eigenvalue weighted by atomic mass is 10.1. The van der Waals surface area contributed by atoms with Gasteiger partial charge in [0.2, 0.25) is 5.91 Å². The number of rotatable bonds is 6. The number of amides is 1. The molecule has 1 heterocycles. The van der Waals surface area contributed by atoms with Gasteiger partial charge in [-0.1, -0.05) is 13.8 Å². The zero-order valence-corrected chi connectivity index (χ0v) is 12.9. The Balaban J connectivity index is 3.31. The van der Waals surface area contributed by atoms with Crippen molar-refractivity contribution >= 4 is 11.9 Å². The van der Waals surface area contributed by atoms with E-state index in [0.717, 1.165) is 0 Å². The fraction of sp³-hybridized carbons (Fsp3) is 0.533. The van der Waals surface area contributed by atoms with Crippen molar-refractivity contribution in [3.8, 4) is 0 Å². The van der Waals surface area contributed by atoms with Crippen LogP contribution in [0.15, 0.2) is 16.9 Å². The van der Waals surface area contributed by atoms with Gasteiger partial charge in [-0.2, -0.15) is 0 Å². The third-order valence-corrected chi connectivity index (χ3v) is 3.44. The van der Waals surface area contributed by atoms with Crippen molar-refractivity contribution in [2.24, 2.45) is 0 Å². The van der Waals surface area contributed by atoms with Crippen molar-refractivity contribution in [2.45, 2.75) is 40.2 Å². The summed E-state index contributed by atoms with van der Waals surface area (Å²) in [5, 5.41) is 9.05. The van der Waals surface area contributed by atoms with E-state index in [1.165, 1.54) is 10.6 Å². The van der Waals surface area contributed by atoms with Gasteiger partial charge >= 0.3 is 5.97 Å². The van der Waals surface area contributed by atoms with Gasteiger partial charge in [0, 0.05) is 18.8 Å². The van der Waals surface area contributed by atoms with E-state index in [1.54, 1.807) is 11.0 Å². The fourth-order valence-corrected chi connectivity index (χ4v) is 2.23.